The second-order valence-corrected chi connectivity index (χ2v) is 33.2. The van der Waals surface area contributed by atoms with Crippen LogP contribution in [0.25, 0.3) is 66.5 Å². The maximum atomic E-state index is 11.9. The van der Waals surface area contributed by atoms with Crippen molar-refractivity contribution < 1.29 is 48.0 Å². The normalized spacial score (nSPS) is 10.8. The number of H-pyrrole nitrogens is 1. The topological polar surface area (TPSA) is 222 Å². The number of hydrogen-bond donors (Lipinski definition) is 6. The number of halogens is 2. The summed E-state index contributed by atoms with van der Waals surface area (Å²) >= 11 is 6.61. The van der Waals surface area contributed by atoms with Crippen molar-refractivity contribution >= 4 is 93.6 Å². The molecular weight excluding hydrogens is 1740 g/mol. The van der Waals surface area contributed by atoms with E-state index in [2.05, 4.69) is 225 Å². The molecule has 0 saturated carbocycles. The van der Waals surface area contributed by atoms with Crippen LogP contribution in [0.2, 0.25) is 0 Å². The summed E-state index contributed by atoms with van der Waals surface area (Å²) < 4.78 is 30.6. The van der Waals surface area contributed by atoms with Gasteiger partial charge in [-0.2, -0.15) is 0 Å². The van der Waals surface area contributed by atoms with Gasteiger partial charge in [-0.25, -0.2) is 0 Å². The van der Waals surface area contributed by atoms with Gasteiger partial charge in [0.25, 0.3) is 0 Å². The van der Waals surface area contributed by atoms with Crippen LogP contribution in [0.5, 0.6) is 34.5 Å². The molecule has 129 heavy (non-hydrogen) atoms. The minimum atomic E-state index is -0.138. The zero-order valence-corrected chi connectivity index (χ0v) is 80.4. The lowest BCUT2D eigenvalue weighted by Gasteiger charge is -2.13. The fraction of sp³-hybridized carbons (Fsp3) is 0.255. The molecule has 7 N–H and O–H groups in total. The molecule has 2 amide bonds. The number of methoxy groups -OCH3 is 5. The van der Waals surface area contributed by atoms with Crippen molar-refractivity contribution in [1.29, 1.82) is 0 Å². The van der Waals surface area contributed by atoms with Crippen LogP contribution in [0.4, 0.5) is 5.69 Å². The Bertz CT molecular complexity index is 6050. The zero-order chi connectivity index (χ0) is 93.1. The largest absolute Gasteiger partial charge is 0.508 e. The Hall–Kier alpha value is -12.9. The molecule has 0 saturated heterocycles. The predicted molar refractivity (Wildman–Crippen MR) is 540 cm³/mol. The Kier molecular flexibility index (Phi) is 39.1. The molecule has 672 valence electrons. The lowest BCUT2D eigenvalue weighted by atomic mass is 10.1. The molecule has 1 atom stereocenters. The highest BCUT2D eigenvalue weighted by Gasteiger charge is 2.21. The molecule has 0 aliphatic heterocycles. The maximum Gasteiger partial charge on any atom is 0.224 e. The molecular formula is C110H123Br2N7O10. The summed E-state index contributed by atoms with van der Waals surface area (Å²) in [6, 6.07) is 90.7. The average molecular weight is 1860 g/mol. The van der Waals surface area contributed by atoms with E-state index in [1.54, 1.807) is 90.1 Å². The third kappa shape index (κ3) is 29.0. The van der Waals surface area contributed by atoms with Gasteiger partial charge < -0.3 is 64.6 Å². The van der Waals surface area contributed by atoms with Gasteiger partial charge in [-0.1, -0.05) is 159 Å². The molecule has 17 nitrogen and oxygen atoms in total. The number of alkyl halides is 2. The second-order valence-electron chi connectivity index (χ2n) is 31.3. The highest BCUT2D eigenvalue weighted by Crippen LogP contribution is 2.39. The Morgan fingerprint density at radius 3 is 1.21 bits per heavy atom. The van der Waals surface area contributed by atoms with Crippen LogP contribution >= 0.6 is 31.9 Å². The summed E-state index contributed by atoms with van der Waals surface area (Å²) in [6.07, 6.45) is 2.47. The number of phenols is 1. The van der Waals surface area contributed by atoms with Crippen LogP contribution in [-0.2, 0) is 47.3 Å². The van der Waals surface area contributed by atoms with E-state index in [1.165, 1.54) is 106 Å². The highest BCUT2D eigenvalue weighted by molar-refractivity contribution is 9.10. The Labute approximate surface area is 778 Å². The number of fused-ring (bicyclic) bond motifs is 3. The average Bonchev–Trinajstić information content (AvgIpc) is 1.66. The number of ether oxygens (including phenoxy) is 5. The Balaban J connectivity index is 0.000000178. The van der Waals surface area contributed by atoms with E-state index in [-0.39, 0.29) is 28.2 Å². The minimum absolute atomic E-state index is 0.0597. The van der Waals surface area contributed by atoms with E-state index in [4.69, 9.17) is 29.4 Å². The quantitative estimate of drug-likeness (QED) is 0.0122. The SMILES string of the molecule is CCC(=O)c1ccc(OC)cc1.CCNC(=O)Cc1ccc(CBr)cc1.CCNC(=O)Cc1ccc(Cn2c(-c3ccc(OC)cc3)c(C)c3cc(C)ccc32)cc1.CCNCCc1ccc(Cn2c(-c3ccc(OC)cc3)c(C)c3cc(O)ccc32)cc1.COc1ccc(-c2[nH]c3ccc(C)cc3c2C)cc1.COc1ccc(C(=O)C(C)Br)cc1.Cc1ccc(N)cc1. The fourth-order valence-corrected chi connectivity index (χ4v) is 15.4. The first-order valence-corrected chi connectivity index (χ1v) is 45.6. The standard InChI is InChI=1S/C28H30N2O2.C27H30N2O2.C17H17NO.C11H14BrNO.C10H11BrO2.C10H12O2.C7H9N/c1-5-29-27(31)17-21-7-9-22(10-8-21)18-30-26-15-6-19(2)16-25(26)20(3)28(30)23-11-13-24(32-4)14-12-23;1-4-28-16-15-20-5-7-21(8-6-20)18-29-26-14-11-23(30)17-25(26)19(2)27(29)22-9-12-24(31-3)13-10-22;1-11-4-9-16-15(10-11)12(2)17(18-16)13-5-7-14(19-3)8-6-13;1-2-13-11(14)7-9-3-5-10(8-12)6-4-9;1-7(11)10(12)8-3-5-9(13-2)6-4-8;1-3-10(11)8-4-6-9(12-2)7-5-8;1-6-2-4-7(8)5-3-6/h6-16H,5,17-18H2,1-4H3,(H,29,31);5-14,17,28,30H,4,15-16,18H2,1-3H3;4-10,18H,1-3H3;3-6H,2,7-8H2,1H3,(H,13,14);3-7H,1-2H3;4-7H,3H2,1-2H3;2-5H,8H2,1H3. The number of nitrogens with two attached hydrogens (primary N) is 1. The van der Waals surface area contributed by atoms with Gasteiger partial charge in [0.2, 0.25) is 11.8 Å². The molecule has 15 rings (SSSR count). The van der Waals surface area contributed by atoms with Gasteiger partial charge in [0.15, 0.2) is 11.6 Å². The number of carbonyl (C=O) groups excluding carboxylic acids is 4. The number of nitrogens with one attached hydrogen (secondary N) is 4. The summed E-state index contributed by atoms with van der Waals surface area (Å²) in [7, 11) is 8.27. The molecule has 0 bridgehead atoms. The van der Waals surface area contributed by atoms with Gasteiger partial charge in [-0.3, -0.25) is 19.2 Å². The van der Waals surface area contributed by atoms with Crippen molar-refractivity contribution in [3.63, 3.8) is 0 Å². The first kappa shape index (κ1) is 99.8. The van der Waals surface area contributed by atoms with Crippen molar-refractivity contribution in [2.75, 3.05) is 67.5 Å². The molecule has 3 aromatic heterocycles. The number of benzene rings is 12. The van der Waals surface area contributed by atoms with Crippen molar-refractivity contribution in [2.24, 2.45) is 0 Å². The van der Waals surface area contributed by atoms with Crippen molar-refractivity contribution in [1.82, 2.24) is 30.1 Å². The predicted octanol–water partition coefficient (Wildman–Crippen LogP) is 24.4. The van der Waals surface area contributed by atoms with Gasteiger partial charge in [-0.05, 0) is 325 Å². The van der Waals surface area contributed by atoms with E-state index >= 15 is 0 Å². The molecule has 0 fully saturated rings. The van der Waals surface area contributed by atoms with Crippen LogP contribution < -0.4 is 45.4 Å². The number of carbonyl (C=O) groups is 4. The van der Waals surface area contributed by atoms with Crippen LogP contribution in [0, 0.1) is 41.5 Å². The number of rotatable bonds is 27. The number of hydrogen-bond acceptors (Lipinski definition) is 12. The van der Waals surface area contributed by atoms with Gasteiger partial charge in [0, 0.05) is 93.1 Å². The van der Waals surface area contributed by atoms with Crippen molar-refractivity contribution in [2.45, 2.75) is 125 Å². The number of aromatic hydroxyl groups is 1. The number of anilines is 1. The number of Topliss-reactive ketones (excluding diaryl/α,β-unsaturated/α-hetero) is 2. The maximum absolute atomic E-state index is 11.9. The van der Waals surface area contributed by atoms with E-state index in [0.717, 1.165) is 106 Å². The van der Waals surface area contributed by atoms with Crippen LogP contribution in [0.3, 0.4) is 0 Å². The lowest BCUT2D eigenvalue weighted by molar-refractivity contribution is -0.121. The number of nitrogen functional groups attached to an aromatic ring is 1. The van der Waals surface area contributed by atoms with E-state index in [9.17, 15) is 24.3 Å². The number of phenolic OH excluding ortho intramolecular Hbond substituents is 1. The number of aryl methyl sites for hydroxylation is 6. The summed E-state index contributed by atoms with van der Waals surface area (Å²) in [5.74, 6) is 4.81. The summed E-state index contributed by atoms with van der Waals surface area (Å²) in [4.78, 5) is 49.1. The van der Waals surface area contributed by atoms with Crippen LogP contribution in [0.1, 0.15) is 129 Å². The monoisotopic (exact) mass is 1860 g/mol. The Morgan fingerprint density at radius 2 is 0.798 bits per heavy atom. The zero-order valence-electron chi connectivity index (χ0n) is 77.2. The number of amides is 2. The smallest absolute Gasteiger partial charge is 0.224 e. The molecule has 0 spiro atoms. The molecule has 19 heteroatoms. The highest BCUT2D eigenvalue weighted by atomic mass is 79.9. The van der Waals surface area contributed by atoms with Crippen LogP contribution in [0.15, 0.2) is 273 Å². The number of aromatic nitrogens is 3. The molecule has 0 aliphatic carbocycles. The summed E-state index contributed by atoms with van der Waals surface area (Å²) in [6.45, 7) is 27.3. The minimum Gasteiger partial charge on any atom is -0.508 e. The third-order valence-corrected chi connectivity index (χ3v) is 22.9. The molecule has 12 aromatic carbocycles. The molecule has 0 aliphatic rings. The van der Waals surface area contributed by atoms with Crippen molar-refractivity contribution in [3.05, 3.63) is 351 Å². The number of ketones is 2. The lowest BCUT2D eigenvalue weighted by Crippen LogP contribution is -2.24. The van der Waals surface area contributed by atoms with Crippen molar-refractivity contribution in [3.8, 4) is 68.3 Å². The van der Waals surface area contributed by atoms with Crippen LogP contribution in [-0.4, -0.2) is 109 Å². The molecule has 0 radical (unpaired) electrons. The van der Waals surface area contributed by atoms with Gasteiger partial charge in [-0.15, -0.1) is 0 Å². The molecule has 15 aromatic rings. The van der Waals surface area contributed by atoms with E-state index in [0.29, 0.717) is 43.7 Å². The van der Waals surface area contributed by atoms with E-state index < -0.39 is 0 Å². The fourth-order valence-electron chi connectivity index (χ4n) is 14.7. The summed E-state index contributed by atoms with van der Waals surface area (Å²) in [5, 5.41) is 23.6. The van der Waals surface area contributed by atoms with Gasteiger partial charge >= 0.3 is 0 Å². The Morgan fingerprint density at radius 1 is 0.419 bits per heavy atom. The molecule has 1 unspecified atom stereocenters. The first-order valence-electron chi connectivity index (χ1n) is 43.6. The first-order chi connectivity index (χ1) is 62.2. The summed E-state index contributed by atoms with van der Waals surface area (Å²) in [5.41, 5.74) is 33.0. The third-order valence-electron chi connectivity index (χ3n) is 21.9. The number of nitrogens with zero attached hydrogens (tertiary/aromatic N) is 2. The second kappa shape index (κ2) is 50.6. The van der Waals surface area contributed by atoms with E-state index in [1.807, 2.05) is 132 Å². The van der Waals surface area contributed by atoms with Gasteiger partial charge in [0.05, 0.1) is 64.6 Å². The number of likely N-dealkylation sites (N-methyl/N-ethyl adjacent to an activating group) is 3. The van der Waals surface area contributed by atoms with Gasteiger partial charge in [0.1, 0.15) is 34.5 Å². The number of aromatic amines is 1. The molecule has 3 heterocycles.